The molecule has 3 rings (SSSR count). The summed E-state index contributed by atoms with van der Waals surface area (Å²) in [4.78, 5) is 14.1. The lowest BCUT2D eigenvalue weighted by atomic mass is 10.2. The average molecular weight is 238 g/mol. The van der Waals surface area contributed by atoms with Crippen molar-refractivity contribution >= 4 is 5.91 Å². The second-order valence-corrected chi connectivity index (χ2v) is 5.77. The molecule has 0 aromatic carbocycles. The molecule has 0 radical (unpaired) electrons. The van der Waals surface area contributed by atoms with Gasteiger partial charge in [-0.1, -0.05) is 0 Å². The summed E-state index contributed by atoms with van der Waals surface area (Å²) in [6.45, 7) is 4.63. The predicted octanol–water partition coefficient (Wildman–Crippen LogP) is 1.11. The summed E-state index contributed by atoms with van der Waals surface area (Å²) in [6, 6.07) is 0. The van der Waals surface area contributed by atoms with Crippen LogP contribution in [0.2, 0.25) is 0 Å². The molecule has 1 atom stereocenters. The fourth-order valence-corrected chi connectivity index (χ4v) is 2.64. The molecular weight excluding hydrogens is 216 g/mol. The van der Waals surface area contributed by atoms with Crippen LogP contribution in [0.25, 0.3) is 0 Å². The van der Waals surface area contributed by atoms with Crippen LogP contribution in [0, 0.1) is 5.92 Å². The first kappa shape index (κ1) is 11.5. The van der Waals surface area contributed by atoms with Crippen LogP contribution in [0.1, 0.15) is 39.0 Å². The van der Waals surface area contributed by atoms with Gasteiger partial charge in [-0.05, 0) is 44.9 Å². The molecule has 1 unspecified atom stereocenters. The Morgan fingerprint density at radius 3 is 2.82 bits per heavy atom. The molecule has 96 valence electrons. The predicted molar refractivity (Wildman–Crippen MR) is 64.4 cm³/mol. The number of nitrogens with one attached hydrogen (secondary N) is 1. The minimum Gasteiger partial charge on any atom is -0.381 e. The van der Waals surface area contributed by atoms with Crippen LogP contribution in [0.4, 0.5) is 0 Å². The van der Waals surface area contributed by atoms with Gasteiger partial charge in [0.1, 0.15) is 0 Å². The van der Waals surface area contributed by atoms with E-state index in [4.69, 9.17) is 4.74 Å². The quantitative estimate of drug-likeness (QED) is 0.705. The van der Waals surface area contributed by atoms with E-state index >= 15 is 0 Å². The molecule has 1 N–H and O–H groups in total. The van der Waals surface area contributed by atoms with Gasteiger partial charge in [0, 0.05) is 19.8 Å². The van der Waals surface area contributed by atoms with Crippen LogP contribution in [-0.2, 0) is 9.53 Å². The highest BCUT2D eigenvalue weighted by Gasteiger charge is 2.57. The summed E-state index contributed by atoms with van der Waals surface area (Å²) in [6.07, 6.45) is 5.88. The summed E-state index contributed by atoms with van der Waals surface area (Å²) in [7, 11) is 0. The molecule has 2 aliphatic carbocycles. The monoisotopic (exact) mass is 238 g/mol. The number of hydrogen-bond acceptors (Lipinski definition) is 3. The van der Waals surface area contributed by atoms with E-state index in [1.165, 1.54) is 12.8 Å². The van der Waals surface area contributed by atoms with Crippen molar-refractivity contribution in [2.45, 2.75) is 50.7 Å². The average Bonchev–Trinajstić information content (AvgIpc) is 3.16. The van der Waals surface area contributed by atoms with Crippen molar-refractivity contribution < 1.29 is 9.53 Å². The van der Waals surface area contributed by atoms with Crippen molar-refractivity contribution in [2.75, 3.05) is 19.8 Å². The van der Waals surface area contributed by atoms with Gasteiger partial charge in [-0.25, -0.2) is 0 Å². The van der Waals surface area contributed by atoms with E-state index in [1.807, 2.05) is 4.90 Å². The zero-order chi connectivity index (χ0) is 11.9. The highest BCUT2D eigenvalue weighted by atomic mass is 16.5. The fraction of sp³-hybridized carbons (Fsp3) is 0.923. The molecule has 1 aliphatic heterocycles. The van der Waals surface area contributed by atoms with Gasteiger partial charge in [-0.2, -0.15) is 0 Å². The number of rotatable bonds is 6. The van der Waals surface area contributed by atoms with E-state index < -0.39 is 0 Å². The van der Waals surface area contributed by atoms with Crippen molar-refractivity contribution in [3.05, 3.63) is 0 Å². The van der Waals surface area contributed by atoms with Crippen LogP contribution < -0.4 is 5.32 Å². The first-order chi connectivity index (χ1) is 8.21. The van der Waals surface area contributed by atoms with Gasteiger partial charge in [-0.15, -0.1) is 0 Å². The zero-order valence-electron chi connectivity index (χ0n) is 10.6. The lowest BCUT2D eigenvalue weighted by Crippen LogP contribution is -2.35. The third-order valence-corrected chi connectivity index (χ3v) is 4.11. The Kier molecular flexibility index (Phi) is 2.87. The molecule has 4 nitrogen and oxygen atoms in total. The molecule has 17 heavy (non-hydrogen) atoms. The Morgan fingerprint density at radius 1 is 1.47 bits per heavy atom. The van der Waals surface area contributed by atoms with Gasteiger partial charge in [-0.3, -0.25) is 10.1 Å². The smallest absolute Gasteiger partial charge is 0.244 e. The third-order valence-electron chi connectivity index (χ3n) is 4.11. The summed E-state index contributed by atoms with van der Waals surface area (Å²) < 4.78 is 5.60. The van der Waals surface area contributed by atoms with Gasteiger partial charge in [0.05, 0.1) is 11.7 Å². The summed E-state index contributed by atoms with van der Waals surface area (Å²) in [5.41, 5.74) is -0.158. The lowest BCUT2D eigenvalue weighted by molar-refractivity contribution is -0.130. The maximum atomic E-state index is 12.1. The van der Waals surface area contributed by atoms with Gasteiger partial charge >= 0.3 is 0 Å². The number of hydrogen-bond donors (Lipinski definition) is 1. The highest BCUT2D eigenvalue weighted by molar-refractivity contribution is 5.91. The zero-order valence-corrected chi connectivity index (χ0v) is 10.6. The van der Waals surface area contributed by atoms with Crippen molar-refractivity contribution in [3.63, 3.8) is 0 Å². The highest BCUT2D eigenvalue weighted by Crippen LogP contribution is 2.41. The number of carbonyl (C=O) groups excluding carboxylic acids is 1. The van der Waals surface area contributed by atoms with E-state index in [0.717, 1.165) is 44.9 Å². The van der Waals surface area contributed by atoms with Crippen molar-refractivity contribution in [1.29, 1.82) is 0 Å². The number of carbonyl (C=O) groups is 1. The van der Waals surface area contributed by atoms with E-state index in [-0.39, 0.29) is 11.7 Å². The van der Waals surface area contributed by atoms with E-state index in [0.29, 0.717) is 5.91 Å². The third kappa shape index (κ3) is 2.33. The molecule has 1 amide bonds. The molecule has 0 bridgehead atoms. The molecule has 3 aliphatic rings. The van der Waals surface area contributed by atoms with Crippen LogP contribution >= 0.6 is 0 Å². The second kappa shape index (κ2) is 4.25. The van der Waals surface area contributed by atoms with Gasteiger partial charge in [0.25, 0.3) is 0 Å². The van der Waals surface area contributed by atoms with Crippen LogP contribution in [0.5, 0.6) is 0 Å². The molecule has 2 saturated carbocycles. The molecule has 0 aromatic rings. The van der Waals surface area contributed by atoms with Crippen molar-refractivity contribution in [1.82, 2.24) is 10.2 Å². The van der Waals surface area contributed by atoms with Crippen LogP contribution in [0.3, 0.4) is 0 Å². The minimum absolute atomic E-state index is 0.158. The molecular formula is C13H22N2O2. The normalized spacial score (nSPS) is 30.3. The Balaban J connectivity index is 1.37. The summed E-state index contributed by atoms with van der Waals surface area (Å²) >= 11 is 0. The Labute approximate surface area is 103 Å². The topological polar surface area (TPSA) is 41.6 Å². The number of ether oxygens (including phenoxy) is 1. The Hall–Kier alpha value is -0.610. The number of nitrogens with zero attached hydrogens (tertiary/aromatic N) is 1. The van der Waals surface area contributed by atoms with E-state index in [9.17, 15) is 4.79 Å². The molecule has 3 fully saturated rings. The van der Waals surface area contributed by atoms with Gasteiger partial charge in [0.2, 0.25) is 5.91 Å². The first-order valence-electron chi connectivity index (χ1n) is 6.88. The fourth-order valence-electron chi connectivity index (χ4n) is 2.64. The van der Waals surface area contributed by atoms with Crippen molar-refractivity contribution in [2.24, 2.45) is 5.92 Å². The second-order valence-electron chi connectivity index (χ2n) is 5.77. The van der Waals surface area contributed by atoms with Crippen LogP contribution in [-0.4, -0.2) is 42.3 Å². The standard InChI is InChI=1S/C13H22N2O2/c1-10-14-13(5-6-13)12(16)15(10)7-2-8-17-9-11-3-4-11/h10-11,14H,2-9H2,1H3. The molecule has 4 heteroatoms. The number of amides is 1. The first-order valence-corrected chi connectivity index (χ1v) is 6.88. The molecule has 1 saturated heterocycles. The maximum absolute atomic E-state index is 12.1. The largest absolute Gasteiger partial charge is 0.381 e. The summed E-state index contributed by atoms with van der Waals surface area (Å²) in [5, 5.41) is 3.41. The molecule has 1 spiro atoms. The van der Waals surface area contributed by atoms with E-state index in [1.54, 1.807) is 0 Å². The lowest BCUT2D eigenvalue weighted by Gasteiger charge is -2.20. The Morgan fingerprint density at radius 2 is 2.24 bits per heavy atom. The summed E-state index contributed by atoms with van der Waals surface area (Å²) in [5.74, 6) is 1.14. The van der Waals surface area contributed by atoms with Gasteiger partial charge in [0.15, 0.2) is 0 Å². The maximum Gasteiger partial charge on any atom is 0.244 e. The van der Waals surface area contributed by atoms with Crippen molar-refractivity contribution in [3.8, 4) is 0 Å². The Bertz CT molecular complexity index is 311. The van der Waals surface area contributed by atoms with Gasteiger partial charge < -0.3 is 9.64 Å². The minimum atomic E-state index is -0.158. The SMILES string of the molecule is CC1NC2(CC2)C(=O)N1CCCOCC1CC1. The molecule has 0 aromatic heterocycles. The van der Waals surface area contributed by atoms with Crippen LogP contribution in [0.15, 0.2) is 0 Å². The molecule has 1 heterocycles. The van der Waals surface area contributed by atoms with E-state index in [2.05, 4.69) is 12.2 Å².